The van der Waals surface area contributed by atoms with Gasteiger partial charge in [0, 0.05) is 5.69 Å². The molecule has 0 aliphatic rings. The van der Waals surface area contributed by atoms with E-state index in [1.54, 1.807) is 27.7 Å². The number of H-pyrrole nitrogens is 1. The van der Waals surface area contributed by atoms with Crippen LogP contribution < -0.4 is 0 Å². The fourth-order valence-electron chi connectivity index (χ4n) is 0.554. The zero-order valence-electron chi connectivity index (χ0n) is 12.3. The molecule has 0 spiro atoms. The topological polar surface area (TPSA) is 130 Å². The van der Waals surface area contributed by atoms with Gasteiger partial charge in [-0.15, -0.1) is 0 Å². The third kappa shape index (κ3) is 13.3. The molecule has 0 fully saturated rings. The van der Waals surface area contributed by atoms with Crippen molar-refractivity contribution in [3.63, 3.8) is 0 Å². The summed E-state index contributed by atoms with van der Waals surface area (Å²) in [5, 5.41) is 46.4. The summed E-state index contributed by atoms with van der Waals surface area (Å²) in [4.78, 5) is 0. The standard InChI is InChI=1S/C6H14O2.C5H8N2.BH3O3/c1-5(2,7)6(3,4)8;1-4-3-5(2)7-6-4;2-1(3)4/h7-8H,1-4H3;3H,1-2H3,(H,6,7);2-4H. The van der Waals surface area contributed by atoms with E-state index in [0.717, 1.165) is 11.4 Å². The maximum absolute atomic E-state index is 9.10. The minimum atomic E-state index is -2.17. The van der Waals surface area contributed by atoms with Crippen molar-refractivity contribution >= 4 is 7.32 Å². The van der Waals surface area contributed by atoms with Gasteiger partial charge in [0.2, 0.25) is 0 Å². The van der Waals surface area contributed by atoms with Gasteiger partial charge in [0.05, 0.1) is 16.9 Å². The average molecular weight is 276 g/mol. The second-order valence-electron chi connectivity index (χ2n) is 5.16. The smallest absolute Gasteiger partial charge is 0.402 e. The lowest BCUT2D eigenvalue weighted by Crippen LogP contribution is -2.44. The number of rotatable bonds is 1. The molecule has 1 aromatic heterocycles. The third-order valence-corrected chi connectivity index (χ3v) is 2.33. The fraction of sp³-hybridized carbons (Fsp3) is 0.727. The molecule has 0 radical (unpaired) electrons. The van der Waals surface area contributed by atoms with Crippen molar-refractivity contribution in [2.75, 3.05) is 0 Å². The van der Waals surface area contributed by atoms with Crippen molar-refractivity contribution in [1.82, 2.24) is 10.2 Å². The Bertz CT molecular complexity index is 310. The molecule has 1 heterocycles. The van der Waals surface area contributed by atoms with Gasteiger partial charge in [-0.2, -0.15) is 5.10 Å². The van der Waals surface area contributed by atoms with Gasteiger partial charge in [-0.25, -0.2) is 0 Å². The highest BCUT2D eigenvalue weighted by Gasteiger charge is 2.31. The largest absolute Gasteiger partial charge is 0.631 e. The molecule has 1 rings (SSSR count). The zero-order valence-corrected chi connectivity index (χ0v) is 12.3. The van der Waals surface area contributed by atoms with Crippen molar-refractivity contribution in [2.45, 2.75) is 52.7 Å². The lowest BCUT2D eigenvalue weighted by atomic mass is 9.90. The van der Waals surface area contributed by atoms with Crippen molar-refractivity contribution in [3.05, 3.63) is 17.5 Å². The number of hydrogen-bond donors (Lipinski definition) is 6. The highest BCUT2D eigenvalue weighted by Crippen LogP contribution is 2.19. The number of aromatic amines is 1. The average Bonchev–Trinajstić information content (AvgIpc) is 2.46. The van der Waals surface area contributed by atoms with Crippen LogP contribution in [0, 0.1) is 13.8 Å². The molecule has 0 aromatic carbocycles. The summed E-state index contributed by atoms with van der Waals surface area (Å²) in [5.74, 6) is 0. The predicted molar refractivity (Wildman–Crippen MR) is 73.1 cm³/mol. The highest BCUT2D eigenvalue weighted by molar-refractivity contribution is 6.30. The first kappa shape index (κ1) is 20.4. The minimum Gasteiger partial charge on any atom is -0.402 e. The van der Waals surface area contributed by atoms with Crippen molar-refractivity contribution in [3.8, 4) is 0 Å². The van der Waals surface area contributed by atoms with E-state index in [1.165, 1.54) is 0 Å². The molecule has 0 atom stereocenters. The fourth-order valence-corrected chi connectivity index (χ4v) is 0.554. The van der Waals surface area contributed by atoms with Gasteiger partial charge in [0.25, 0.3) is 0 Å². The van der Waals surface area contributed by atoms with Crippen molar-refractivity contribution < 1.29 is 25.3 Å². The van der Waals surface area contributed by atoms with Gasteiger partial charge in [0.1, 0.15) is 0 Å². The van der Waals surface area contributed by atoms with Gasteiger partial charge in [0.15, 0.2) is 0 Å². The minimum absolute atomic E-state index is 1.01. The SMILES string of the molecule is CC(C)(O)C(C)(C)O.Cc1cc(C)[nH]n1.OB(O)O. The lowest BCUT2D eigenvalue weighted by molar-refractivity contribution is -0.107. The number of aliphatic hydroxyl groups is 2. The van der Waals surface area contributed by atoms with Crippen molar-refractivity contribution in [1.29, 1.82) is 0 Å². The van der Waals surface area contributed by atoms with E-state index in [-0.39, 0.29) is 0 Å². The molecule has 0 aliphatic heterocycles. The highest BCUT2D eigenvalue weighted by atomic mass is 16.5. The van der Waals surface area contributed by atoms with Crippen LogP contribution >= 0.6 is 0 Å². The Labute approximate surface area is 114 Å². The van der Waals surface area contributed by atoms with Crippen LogP contribution in [0.5, 0.6) is 0 Å². The summed E-state index contributed by atoms with van der Waals surface area (Å²) in [6.45, 7) is 10.3. The zero-order chi connectivity index (χ0) is 15.9. The van der Waals surface area contributed by atoms with E-state index < -0.39 is 18.5 Å². The summed E-state index contributed by atoms with van der Waals surface area (Å²) in [6, 6.07) is 2.00. The van der Waals surface area contributed by atoms with E-state index in [2.05, 4.69) is 10.2 Å². The molecule has 19 heavy (non-hydrogen) atoms. The van der Waals surface area contributed by atoms with Gasteiger partial charge in [-0.1, -0.05) is 0 Å². The van der Waals surface area contributed by atoms with Gasteiger partial charge in [-0.3, -0.25) is 5.10 Å². The molecule has 112 valence electrons. The molecule has 6 N–H and O–H groups in total. The molecular formula is C11H25BN2O5. The van der Waals surface area contributed by atoms with Crippen LogP contribution in [0.25, 0.3) is 0 Å². The van der Waals surface area contributed by atoms with E-state index >= 15 is 0 Å². The van der Waals surface area contributed by atoms with E-state index in [9.17, 15) is 0 Å². The first-order chi connectivity index (χ1) is 8.27. The first-order valence-corrected chi connectivity index (χ1v) is 5.75. The van der Waals surface area contributed by atoms with Crippen LogP contribution in [0.1, 0.15) is 39.1 Å². The number of nitrogens with one attached hydrogen (secondary N) is 1. The first-order valence-electron chi connectivity index (χ1n) is 5.75. The Balaban J connectivity index is 0. The molecule has 1 aromatic rings. The normalized spacial score (nSPS) is 10.9. The van der Waals surface area contributed by atoms with E-state index in [1.807, 2.05) is 19.9 Å². The summed E-state index contributed by atoms with van der Waals surface area (Å²) < 4.78 is 0. The van der Waals surface area contributed by atoms with E-state index in [0.29, 0.717) is 0 Å². The van der Waals surface area contributed by atoms with Crippen LogP contribution in [0.3, 0.4) is 0 Å². The van der Waals surface area contributed by atoms with Gasteiger partial charge in [-0.05, 0) is 47.6 Å². The van der Waals surface area contributed by atoms with Crippen LogP contribution in [0.4, 0.5) is 0 Å². The molecule has 0 unspecified atom stereocenters. The molecule has 8 heteroatoms. The molecule has 7 nitrogen and oxygen atoms in total. The Morgan fingerprint density at radius 2 is 1.32 bits per heavy atom. The molecule has 0 amide bonds. The van der Waals surface area contributed by atoms with Crippen LogP contribution in [0.15, 0.2) is 6.07 Å². The summed E-state index contributed by atoms with van der Waals surface area (Å²) in [6.07, 6.45) is 0. The lowest BCUT2D eigenvalue weighted by Gasteiger charge is -2.31. The van der Waals surface area contributed by atoms with Gasteiger partial charge < -0.3 is 25.3 Å². The predicted octanol–water partition coefficient (Wildman–Crippen LogP) is -0.497. The summed E-state index contributed by atoms with van der Waals surface area (Å²) in [7, 11) is -2.17. The summed E-state index contributed by atoms with van der Waals surface area (Å²) >= 11 is 0. The quantitative estimate of drug-likeness (QED) is 0.384. The van der Waals surface area contributed by atoms with E-state index in [4.69, 9.17) is 25.3 Å². The van der Waals surface area contributed by atoms with Crippen molar-refractivity contribution in [2.24, 2.45) is 0 Å². The Hall–Kier alpha value is -0.925. The summed E-state index contributed by atoms with van der Waals surface area (Å²) in [5.41, 5.74) is 0.162. The Kier molecular flexibility index (Phi) is 8.89. The third-order valence-electron chi connectivity index (χ3n) is 2.33. The monoisotopic (exact) mass is 276 g/mol. The molecular weight excluding hydrogens is 251 g/mol. The van der Waals surface area contributed by atoms with Crippen LogP contribution in [-0.2, 0) is 0 Å². The van der Waals surface area contributed by atoms with Crippen LogP contribution in [-0.4, -0.2) is 54.0 Å². The molecule has 0 aliphatic carbocycles. The second-order valence-corrected chi connectivity index (χ2v) is 5.16. The maximum Gasteiger partial charge on any atom is 0.631 e. The number of hydrogen-bond acceptors (Lipinski definition) is 6. The Morgan fingerprint density at radius 1 is 1.00 bits per heavy atom. The number of nitrogens with zero attached hydrogens (tertiary/aromatic N) is 1. The number of aromatic nitrogens is 2. The molecule has 0 saturated carbocycles. The number of aryl methyl sites for hydroxylation is 2. The second kappa shape index (κ2) is 8.29. The molecule has 0 bridgehead atoms. The molecule has 0 saturated heterocycles. The Morgan fingerprint density at radius 3 is 1.37 bits per heavy atom. The van der Waals surface area contributed by atoms with Gasteiger partial charge >= 0.3 is 7.32 Å². The van der Waals surface area contributed by atoms with Crippen LogP contribution in [0.2, 0.25) is 0 Å². The maximum atomic E-state index is 9.10.